The quantitative estimate of drug-likeness (QED) is 0.758. The normalized spacial score (nSPS) is 11.6. The zero-order valence-corrected chi connectivity index (χ0v) is 9.71. The molecule has 0 heterocycles. The van der Waals surface area contributed by atoms with Gasteiger partial charge in [0.15, 0.2) is 0 Å². The molecule has 0 unspecified atom stereocenters. The van der Waals surface area contributed by atoms with Crippen molar-refractivity contribution < 1.29 is 18.0 Å². The van der Waals surface area contributed by atoms with Crippen molar-refractivity contribution in [2.75, 3.05) is 0 Å². The van der Waals surface area contributed by atoms with Crippen LogP contribution in [0.3, 0.4) is 0 Å². The predicted octanol–water partition coefficient (Wildman–Crippen LogP) is 3.74. The minimum absolute atomic E-state index is 0.0615. The van der Waals surface area contributed by atoms with E-state index in [4.69, 9.17) is 0 Å². The molecule has 0 aliphatic carbocycles. The van der Waals surface area contributed by atoms with Gasteiger partial charge in [0.1, 0.15) is 5.78 Å². The number of carbonyl (C=O) groups is 1. The summed E-state index contributed by atoms with van der Waals surface area (Å²) in [6.45, 7) is 3.13. The molecule has 0 fully saturated rings. The van der Waals surface area contributed by atoms with Crippen molar-refractivity contribution >= 4 is 17.5 Å². The van der Waals surface area contributed by atoms with Gasteiger partial charge < -0.3 is 0 Å². The molecule has 0 bridgehead atoms. The Balaban J connectivity index is 2.94. The second-order valence-corrected chi connectivity index (χ2v) is 4.72. The van der Waals surface area contributed by atoms with Crippen molar-refractivity contribution in [2.24, 2.45) is 0 Å². The van der Waals surface area contributed by atoms with E-state index in [1.165, 1.54) is 19.1 Å². The summed E-state index contributed by atoms with van der Waals surface area (Å²) in [5.74, 6) is -0.0615. The number of Topliss-reactive ketones (excluding diaryl/α,β-unsaturated/α-hetero) is 1. The molecular formula is C11H11F3OS. The maximum Gasteiger partial charge on any atom is 0.446 e. The molecule has 1 nitrogen and oxygen atoms in total. The Morgan fingerprint density at radius 2 is 1.94 bits per heavy atom. The molecular weight excluding hydrogens is 237 g/mol. The van der Waals surface area contributed by atoms with Crippen LogP contribution in [0, 0.1) is 6.92 Å². The van der Waals surface area contributed by atoms with E-state index in [0.29, 0.717) is 5.56 Å². The summed E-state index contributed by atoms with van der Waals surface area (Å²) < 4.78 is 36.5. The number of ketones is 1. The van der Waals surface area contributed by atoms with Crippen LogP contribution < -0.4 is 0 Å². The third kappa shape index (κ3) is 4.70. The van der Waals surface area contributed by atoms with E-state index in [0.717, 1.165) is 5.56 Å². The van der Waals surface area contributed by atoms with Gasteiger partial charge in [0.2, 0.25) is 0 Å². The van der Waals surface area contributed by atoms with Crippen molar-refractivity contribution in [3.63, 3.8) is 0 Å². The first kappa shape index (κ1) is 13.1. The van der Waals surface area contributed by atoms with Crippen LogP contribution in [0.5, 0.6) is 0 Å². The van der Waals surface area contributed by atoms with E-state index in [1.54, 1.807) is 13.0 Å². The number of benzene rings is 1. The molecule has 0 saturated heterocycles. The van der Waals surface area contributed by atoms with Crippen molar-refractivity contribution in [1.82, 2.24) is 0 Å². The molecule has 1 aromatic rings. The molecule has 88 valence electrons. The number of hydrogen-bond donors (Lipinski definition) is 0. The first-order valence-corrected chi connectivity index (χ1v) is 5.43. The van der Waals surface area contributed by atoms with Crippen LogP contribution in [0.25, 0.3) is 0 Å². The van der Waals surface area contributed by atoms with Gasteiger partial charge in [-0.05, 0) is 48.9 Å². The molecule has 0 atom stereocenters. The third-order valence-electron chi connectivity index (χ3n) is 1.80. The first-order chi connectivity index (χ1) is 7.26. The Hall–Kier alpha value is -0.970. The highest BCUT2D eigenvalue weighted by Crippen LogP contribution is 2.37. The van der Waals surface area contributed by atoms with Crippen LogP contribution in [0.1, 0.15) is 18.1 Å². The van der Waals surface area contributed by atoms with E-state index in [1.807, 2.05) is 0 Å². The van der Waals surface area contributed by atoms with Crippen molar-refractivity contribution in [2.45, 2.75) is 30.7 Å². The summed E-state index contributed by atoms with van der Waals surface area (Å²) in [6.07, 6.45) is 0.174. The standard InChI is InChI=1S/C11H11F3OS/c1-7-3-9(5-8(2)15)6-10(4-7)16-11(12,13)14/h3-4,6H,5H2,1-2H3. The molecule has 1 rings (SSSR count). The molecule has 0 aliphatic heterocycles. The minimum atomic E-state index is -4.29. The summed E-state index contributed by atoms with van der Waals surface area (Å²) in [6, 6.07) is 4.59. The summed E-state index contributed by atoms with van der Waals surface area (Å²) in [4.78, 5) is 11.0. The molecule has 5 heteroatoms. The maximum absolute atomic E-state index is 12.2. The van der Waals surface area contributed by atoms with Crippen LogP contribution >= 0.6 is 11.8 Å². The lowest BCUT2D eigenvalue weighted by molar-refractivity contribution is -0.116. The van der Waals surface area contributed by atoms with Gasteiger partial charge in [-0.15, -0.1) is 0 Å². The van der Waals surface area contributed by atoms with E-state index in [-0.39, 0.29) is 28.9 Å². The highest BCUT2D eigenvalue weighted by molar-refractivity contribution is 8.00. The van der Waals surface area contributed by atoms with E-state index in [2.05, 4.69) is 0 Å². The highest BCUT2D eigenvalue weighted by Gasteiger charge is 2.29. The predicted molar refractivity (Wildman–Crippen MR) is 57.5 cm³/mol. The second-order valence-electron chi connectivity index (χ2n) is 3.58. The average Bonchev–Trinajstić information content (AvgIpc) is 1.96. The monoisotopic (exact) mass is 248 g/mol. The largest absolute Gasteiger partial charge is 0.446 e. The Morgan fingerprint density at radius 3 is 2.44 bits per heavy atom. The van der Waals surface area contributed by atoms with Crippen molar-refractivity contribution in [3.8, 4) is 0 Å². The lowest BCUT2D eigenvalue weighted by atomic mass is 10.1. The number of alkyl halides is 3. The van der Waals surface area contributed by atoms with Crippen molar-refractivity contribution in [1.29, 1.82) is 0 Å². The number of thioether (sulfide) groups is 1. The van der Waals surface area contributed by atoms with Crippen LogP contribution in [0.2, 0.25) is 0 Å². The number of aryl methyl sites for hydroxylation is 1. The zero-order valence-electron chi connectivity index (χ0n) is 8.89. The van der Waals surface area contributed by atoms with Crippen LogP contribution in [-0.4, -0.2) is 11.3 Å². The van der Waals surface area contributed by atoms with Crippen molar-refractivity contribution in [3.05, 3.63) is 29.3 Å². The topological polar surface area (TPSA) is 17.1 Å². The van der Waals surface area contributed by atoms with E-state index < -0.39 is 5.51 Å². The van der Waals surface area contributed by atoms with Gasteiger partial charge in [-0.1, -0.05) is 6.07 Å². The molecule has 0 radical (unpaired) electrons. The average molecular weight is 248 g/mol. The minimum Gasteiger partial charge on any atom is -0.300 e. The van der Waals surface area contributed by atoms with Crippen LogP contribution in [0.4, 0.5) is 13.2 Å². The fourth-order valence-corrected chi connectivity index (χ4v) is 2.13. The lowest BCUT2D eigenvalue weighted by Gasteiger charge is -2.08. The van der Waals surface area contributed by atoms with Gasteiger partial charge in [-0.3, -0.25) is 4.79 Å². The van der Waals surface area contributed by atoms with Gasteiger partial charge in [0.05, 0.1) is 0 Å². The summed E-state index contributed by atoms with van der Waals surface area (Å²) in [5.41, 5.74) is -2.94. The molecule has 16 heavy (non-hydrogen) atoms. The summed E-state index contributed by atoms with van der Waals surface area (Å²) in [7, 11) is 0. The van der Waals surface area contributed by atoms with E-state index in [9.17, 15) is 18.0 Å². The van der Waals surface area contributed by atoms with Gasteiger partial charge in [0, 0.05) is 11.3 Å². The Morgan fingerprint density at radius 1 is 1.31 bits per heavy atom. The van der Waals surface area contributed by atoms with E-state index >= 15 is 0 Å². The maximum atomic E-state index is 12.2. The molecule has 0 aliphatic rings. The smallest absolute Gasteiger partial charge is 0.300 e. The molecule has 0 amide bonds. The first-order valence-electron chi connectivity index (χ1n) is 4.62. The highest BCUT2D eigenvalue weighted by atomic mass is 32.2. The Bertz CT molecular complexity index is 399. The zero-order chi connectivity index (χ0) is 12.3. The van der Waals surface area contributed by atoms with Crippen LogP contribution in [-0.2, 0) is 11.2 Å². The third-order valence-corrected chi connectivity index (χ3v) is 2.50. The molecule has 0 N–H and O–H groups in total. The van der Waals surface area contributed by atoms with Gasteiger partial charge >= 0.3 is 5.51 Å². The Kier molecular flexibility index (Phi) is 4.02. The van der Waals surface area contributed by atoms with Gasteiger partial charge in [-0.2, -0.15) is 13.2 Å². The lowest BCUT2D eigenvalue weighted by Crippen LogP contribution is -2.01. The molecule has 0 aromatic heterocycles. The number of carbonyl (C=O) groups excluding carboxylic acids is 1. The summed E-state index contributed by atoms with van der Waals surface area (Å²) >= 11 is -0.155. The molecule has 0 spiro atoms. The fraction of sp³-hybridized carbons (Fsp3) is 0.364. The number of halogens is 3. The second kappa shape index (κ2) is 4.91. The fourth-order valence-electron chi connectivity index (χ4n) is 1.41. The van der Waals surface area contributed by atoms with Crippen LogP contribution in [0.15, 0.2) is 23.1 Å². The number of rotatable bonds is 3. The summed E-state index contributed by atoms with van der Waals surface area (Å²) in [5, 5.41) is 0. The SMILES string of the molecule is CC(=O)Cc1cc(C)cc(SC(F)(F)F)c1. The molecule has 0 saturated carbocycles. The Labute approximate surface area is 96.0 Å². The van der Waals surface area contributed by atoms with Gasteiger partial charge in [-0.25, -0.2) is 0 Å². The number of hydrogen-bond acceptors (Lipinski definition) is 2. The molecule has 1 aromatic carbocycles. The van der Waals surface area contributed by atoms with Gasteiger partial charge in [0.25, 0.3) is 0 Å².